The summed E-state index contributed by atoms with van der Waals surface area (Å²) in [7, 11) is 0. The van der Waals surface area contributed by atoms with E-state index < -0.39 is 0 Å². The van der Waals surface area contributed by atoms with Crippen LogP contribution in [0.5, 0.6) is 0 Å². The molecule has 0 bridgehead atoms. The molecule has 1 aromatic heterocycles. The average Bonchev–Trinajstić information content (AvgIpc) is 2.81. The van der Waals surface area contributed by atoms with Crippen molar-refractivity contribution in [3.8, 4) is 0 Å². The summed E-state index contributed by atoms with van der Waals surface area (Å²) in [5.74, 6) is -0.0927. The number of rotatable bonds is 2. The van der Waals surface area contributed by atoms with E-state index in [1.807, 2.05) is 18.2 Å². The van der Waals surface area contributed by atoms with Gasteiger partial charge in [-0.2, -0.15) is 0 Å². The van der Waals surface area contributed by atoms with Gasteiger partial charge in [0.05, 0.1) is 0 Å². The fourth-order valence-electron chi connectivity index (χ4n) is 1.34. The van der Waals surface area contributed by atoms with E-state index in [0.717, 1.165) is 5.56 Å². The Labute approximate surface area is 98.8 Å². The second-order valence-corrected chi connectivity index (χ2v) is 3.69. The van der Waals surface area contributed by atoms with Crippen LogP contribution in [0, 0.1) is 0 Å². The van der Waals surface area contributed by atoms with Gasteiger partial charge >= 0.3 is 0 Å². The molecule has 0 fully saturated rings. The molecule has 0 spiro atoms. The van der Waals surface area contributed by atoms with Crippen LogP contribution in [0.3, 0.4) is 0 Å². The van der Waals surface area contributed by atoms with Crippen molar-refractivity contribution in [2.24, 2.45) is 0 Å². The van der Waals surface area contributed by atoms with Crippen molar-refractivity contribution in [2.45, 2.75) is 0 Å². The third-order valence-electron chi connectivity index (χ3n) is 2.17. The Morgan fingerprint density at radius 3 is 2.50 bits per heavy atom. The van der Waals surface area contributed by atoms with Gasteiger partial charge in [0.2, 0.25) is 0 Å². The predicted molar refractivity (Wildman–Crippen MR) is 65.5 cm³/mol. The van der Waals surface area contributed by atoms with Crippen LogP contribution in [0.25, 0.3) is 6.08 Å². The second-order valence-electron chi connectivity index (χ2n) is 3.28. The maximum absolute atomic E-state index is 11.6. The molecule has 0 aliphatic heterocycles. The lowest BCUT2D eigenvalue weighted by Crippen LogP contribution is -2.03. The van der Waals surface area contributed by atoms with E-state index in [9.17, 15) is 4.79 Å². The minimum atomic E-state index is -0.0927. The molecule has 3 heteroatoms. The third kappa shape index (κ3) is 2.41. The standard InChI is InChI=1S/C13H10ClNO/c14-12-6-2-1-5-11(12)7-8-13(16)15-9-3-4-10-15/h1-10H/b8-7+. The first-order valence-corrected chi connectivity index (χ1v) is 5.25. The highest BCUT2D eigenvalue weighted by molar-refractivity contribution is 6.32. The number of hydrogen-bond donors (Lipinski definition) is 0. The molecular formula is C13H10ClNO. The number of benzene rings is 1. The van der Waals surface area contributed by atoms with E-state index in [1.165, 1.54) is 10.6 Å². The highest BCUT2D eigenvalue weighted by Gasteiger charge is 1.98. The Kier molecular flexibility index (Phi) is 3.22. The highest BCUT2D eigenvalue weighted by Crippen LogP contribution is 2.16. The summed E-state index contributed by atoms with van der Waals surface area (Å²) in [6.07, 6.45) is 6.63. The van der Waals surface area contributed by atoms with Crippen LogP contribution in [0.2, 0.25) is 5.02 Å². The summed E-state index contributed by atoms with van der Waals surface area (Å²) < 4.78 is 1.51. The van der Waals surface area contributed by atoms with Crippen molar-refractivity contribution in [2.75, 3.05) is 0 Å². The monoisotopic (exact) mass is 231 g/mol. The maximum atomic E-state index is 11.6. The van der Waals surface area contributed by atoms with Gasteiger partial charge in [0.15, 0.2) is 0 Å². The number of halogens is 1. The first kappa shape index (κ1) is 10.7. The maximum Gasteiger partial charge on any atom is 0.254 e. The molecule has 1 aromatic carbocycles. The van der Waals surface area contributed by atoms with E-state index in [2.05, 4.69) is 0 Å². The van der Waals surface area contributed by atoms with Gasteiger partial charge in [0.1, 0.15) is 0 Å². The lowest BCUT2D eigenvalue weighted by molar-refractivity contribution is 0.0970. The molecule has 2 rings (SSSR count). The first-order valence-electron chi connectivity index (χ1n) is 4.87. The molecule has 80 valence electrons. The largest absolute Gasteiger partial charge is 0.291 e. The topological polar surface area (TPSA) is 22.0 Å². The molecule has 0 aliphatic rings. The number of carbonyl (C=O) groups is 1. The normalized spacial score (nSPS) is 10.8. The molecule has 2 nitrogen and oxygen atoms in total. The molecule has 16 heavy (non-hydrogen) atoms. The van der Waals surface area contributed by atoms with Crippen LogP contribution in [0.1, 0.15) is 10.4 Å². The molecular weight excluding hydrogens is 222 g/mol. The van der Waals surface area contributed by atoms with Gasteiger partial charge in [-0.1, -0.05) is 29.8 Å². The van der Waals surface area contributed by atoms with Gasteiger partial charge < -0.3 is 0 Å². The van der Waals surface area contributed by atoms with E-state index >= 15 is 0 Å². The number of carbonyl (C=O) groups excluding carboxylic acids is 1. The zero-order valence-electron chi connectivity index (χ0n) is 8.51. The molecule has 0 unspecified atom stereocenters. The van der Waals surface area contributed by atoms with Gasteiger partial charge in [-0.3, -0.25) is 9.36 Å². The Bertz CT molecular complexity index is 514. The summed E-state index contributed by atoms with van der Waals surface area (Å²) in [4.78, 5) is 11.6. The third-order valence-corrected chi connectivity index (χ3v) is 2.51. The van der Waals surface area contributed by atoms with Crippen LogP contribution in [-0.2, 0) is 0 Å². The van der Waals surface area contributed by atoms with Gasteiger partial charge in [0, 0.05) is 23.5 Å². The number of nitrogens with zero attached hydrogens (tertiary/aromatic N) is 1. The average molecular weight is 232 g/mol. The molecule has 0 amide bonds. The lowest BCUT2D eigenvalue weighted by Gasteiger charge is -1.97. The van der Waals surface area contributed by atoms with E-state index in [0.29, 0.717) is 5.02 Å². The number of hydrogen-bond acceptors (Lipinski definition) is 1. The zero-order chi connectivity index (χ0) is 11.4. The first-order chi connectivity index (χ1) is 7.77. The minimum absolute atomic E-state index is 0.0927. The summed E-state index contributed by atoms with van der Waals surface area (Å²) in [6, 6.07) is 11.0. The Morgan fingerprint density at radius 2 is 1.81 bits per heavy atom. The van der Waals surface area contributed by atoms with Crippen molar-refractivity contribution in [1.82, 2.24) is 4.57 Å². The smallest absolute Gasteiger partial charge is 0.254 e. The van der Waals surface area contributed by atoms with Crippen LogP contribution >= 0.6 is 11.6 Å². The molecule has 0 radical (unpaired) electrons. The lowest BCUT2D eigenvalue weighted by atomic mass is 10.2. The quantitative estimate of drug-likeness (QED) is 0.726. The molecule has 0 saturated heterocycles. The number of aromatic nitrogens is 1. The molecule has 1 heterocycles. The minimum Gasteiger partial charge on any atom is -0.291 e. The van der Waals surface area contributed by atoms with Crippen molar-refractivity contribution in [3.63, 3.8) is 0 Å². The van der Waals surface area contributed by atoms with Crippen LogP contribution in [-0.4, -0.2) is 10.5 Å². The van der Waals surface area contributed by atoms with Crippen molar-refractivity contribution in [3.05, 3.63) is 65.5 Å². The Balaban J connectivity index is 2.16. The summed E-state index contributed by atoms with van der Waals surface area (Å²) >= 11 is 5.96. The SMILES string of the molecule is O=C(/C=C/c1ccccc1Cl)n1cccc1. The Hall–Kier alpha value is -1.80. The van der Waals surface area contributed by atoms with Gasteiger partial charge in [-0.25, -0.2) is 0 Å². The van der Waals surface area contributed by atoms with Crippen LogP contribution in [0.15, 0.2) is 54.9 Å². The summed E-state index contributed by atoms with van der Waals surface area (Å²) in [5, 5.41) is 0.638. The molecule has 0 aliphatic carbocycles. The van der Waals surface area contributed by atoms with Crippen LogP contribution in [0.4, 0.5) is 0 Å². The van der Waals surface area contributed by atoms with E-state index in [1.54, 1.807) is 36.7 Å². The zero-order valence-corrected chi connectivity index (χ0v) is 9.26. The van der Waals surface area contributed by atoms with E-state index in [-0.39, 0.29) is 5.91 Å². The molecule has 0 N–H and O–H groups in total. The molecule has 0 saturated carbocycles. The number of allylic oxidation sites excluding steroid dienone is 1. The fourth-order valence-corrected chi connectivity index (χ4v) is 1.54. The van der Waals surface area contributed by atoms with Gasteiger partial charge in [-0.15, -0.1) is 0 Å². The Morgan fingerprint density at radius 1 is 1.12 bits per heavy atom. The highest BCUT2D eigenvalue weighted by atomic mass is 35.5. The van der Waals surface area contributed by atoms with Crippen LogP contribution < -0.4 is 0 Å². The predicted octanol–water partition coefficient (Wildman–Crippen LogP) is 3.50. The van der Waals surface area contributed by atoms with Crippen molar-refractivity contribution < 1.29 is 4.79 Å². The summed E-state index contributed by atoms with van der Waals surface area (Å²) in [6.45, 7) is 0. The van der Waals surface area contributed by atoms with Crippen molar-refractivity contribution >= 4 is 23.6 Å². The van der Waals surface area contributed by atoms with Gasteiger partial charge in [0.25, 0.3) is 5.91 Å². The molecule has 0 atom stereocenters. The van der Waals surface area contributed by atoms with E-state index in [4.69, 9.17) is 11.6 Å². The molecule has 2 aromatic rings. The van der Waals surface area contributed by atoms with Gasteiger partial charge in [-0.05, 0) is 29.8 Å². The second kappa shape index (κ2) is 4.81. The fraction of sp³-hybridized carbons (Fsp3) is 0. The van der Waals surface area contributed by atoms with Crippen molar-refractivity contribution in [1.29, 1.82) is 0 Å². The summed E-state index contributed by atoms with van der Waals surface area (Å²) in [5.41, 5.74) is 0.838.